The Labute approximate surface area is 297 Å². The molecule has 4 rings (SSSR count). The van der Waals surface area contributed by atoms with E-state index in [0.29, 0.717) is 18.3 Å². The van der Waals surface area contributed by atoms with E-state index in [1.165, 1.54) is 73.7 Å². The van der Waals surface area contributed by atoms with Crippen LogP contribution < -0.4 is 9.64 Å². The number of benzene rings is 2. The van der Waals surface area contributed by atoms with Gasteiger partial charge in [0.05, 0.1) is 29.2 Å². The van der Waals surface area contributed by atoms with Gasteiger partial charge in [-0.25, -0.2) is 9.78 Å². The zero-order valence-corrected chi connectivity index (χ0v) is 30.0. The van der Waals surface area contributed by atoms with Crippen LogP contribution in [0.4, 0.5) is 27.2 Å². The molecular formula is C38H46N6O3S2. The molecular weight excluding hydrogens is 653 g/mol. The molecule has 0 amide bonds. The molecule has 0 saturated heterocycles. The van der Waals surface area contributed by atoms with Gasteiger partial charge in [-0.2, -0.15) is 0 Å². The standard InChI is InChI=1S/C38H46N6O3S2/c1-5-29(4)16-14-12-10-8-9-11-13-15-26-46-33-23-19-31(20-24-33)40-42-35-28-34-37(49-35)39-38(48-34)43-41-30-17-21-32(22-18-30)44(7-3)25-27-47-36(45)6-2/h5-6,17-24,28H,1-2,4,7-16,25-27H2,3H3. The smallest absolute Gasteiger partial charge is 0.330 e. The van der Waals surface area contributed by atoms with Crippen LogP contribution >= 0.6 is 22.7 Å². The number of ether oxygens (including phenoxy) is 2. The Hall–Kier alpha value is -4.48. The topological polar surface area (TPSA) is 101 Å². The first kappa shape index (κ1) is 37.3. The molecule has 4 aromatic rings. The zero-order valence-electron chi connectivity index (χ0n) is 28.4. The lowest BCUT2D eigenvalue weighted by molar-refractivity contribution is -0.137. The van der Waals surface area contributed by atoms with Gasteiger partial charge in [0.1, 0.15) is 22.2 Å². The normalized spacial score (nSPS) is 11.4. The lowest BCUT2D eigenvalue weighted by Gasteiger charge is -2.22. The monoisotopic (exact) mass is 698 g/mol. The number of hydrogen-bond donors (Lipinski definition) is 0. The lowest BCUT2D eigenvalue weighted by Crippen LogP contribution is -2.27. The van der Waals surface area contributed by atoms with E-state index in [0.717, 1.165) is 68.9 Å². The van der Waals surface area contributed by atoms with Crippen LogP contribution in [-0.4, -0.2) is 37.3 Å². The second-order valence-corrected chi connectivity index (χ2v) is 13.4. The SMILES string of the molecule is C=CC(=C)CCCCCCCCCCOc1ccc(N=Nc2cc3sc(N=Nc4ccc(N(CC)CCOC(=O)C=C)cc4)nc3s2)cc1. The van der Waals surface area contributed by atoms with Crippen molar-refractivity contribution in [2.24, 2.45) is 20.5 Å². The number of unbranched alkanes of at least 4 members (excludes halogenated alkanes) is 7. The fourth-order valence-electron chi connectivity index (χ4n) is 4.94. The molecule has 0 fully saturated rings. The minimum atomic E-state index is -0.418. The number of allylic oxidation sites excluding steroid dienone is 2. The quantitative estimate of drug-likeness (QED) is 0.0252. The highest BCUT2D eigenvalue weighted by Gasteiger charge is 2.09. The average molecular weight is 699 g/mol. The second kappa shape index (κ2) is 20.8. The molecule has 9 nitrogen and oxygen atoms in total. The molecule has 0 bridgehead atoms. The highest BCUT2D eigenvalue weighted by molar-refractivity contribution is 7.30. The molecule has 2 heterocycles. The number of rotatable bonds is 23. The summed E-state index contributed by atoms with van der Waals surface area (Å²) in [5.74, 6) is 0.434. The molecule has 0 radical (unpaired) electrons. The third-order valence-electron chi connectivity index (χ3n) is 7.74. The van der Waals surface area contributed by atoms with Gasteiger partial charge < -0.3 is 14.4 Å². The van der Waals surface area contributed by atoms with E-state index in [2.05, 4.69) is 57.0 Å². The van der Waals surface area contributed by atoms with Crippen molar-refractivity contribution in [3.8, 4) is 5.75 Å². The van der Waals surface area contributed by atoms with Crippen LogP contribution in [0.25, 0.3) is 9.53 Å². The summed E-state index contributed by atoms with van der Waals surface area (Å²) in [6, 6.07) is 17.5. The number of nitrogens with zero attached hydrogens (tertiary/aromatic N) is 6. The molecule has 11 heteroatoms. The second-order valence-electron chi connectivity index (χ2n) is 11.4. The number of carbonyl (C=O) groups excluding carboxylic acids is 1. The zero-order chi connectivity index (χ0) is 34.7. The van der Waals surface area contributed by atoms with Crippen molar-refractivity contribution in [1.82, 2.24) is 4.98 Å². The van der Waals surface area contributed by atoms with E-state index in [1.54, 1.807) is 0 Å². The molecule has 0 aliphatic heterocycles. The number of thiophene rings is 1. The highest BCUT2D eigenvalue weighted by Crippen LogP contribution is 2.39. The van der Waals surface area contributed by atoms with E-state index >= 15 is 0 Å². The maximum Gasteiger partial charge on any atom is 0.330 e. The molecule has 2 aromatic heterocycles. The number of fused-ring (bicyclic) bond motifs is 1. The third kappa shape index (κ3) is 13.2. The summed E-state index contributed by atoms with van der Waals surface area (Å²) in [4.78, 5) is 18.9. The number of esters is 1. The fourth-order valence-corrected chi connectivity index (χ4v) is 6.79. The Balaban J connectivity index is 1.15. The summed E-state index contributed by atoms with van der Waals surface area (Å²) in [6.45, 7) is 15.6. The Morgan fingerprint density at radius 3 is 2.12 bits per heavy atom. The first-order valence-electron chi connectivity index (χ1n) is 16.9. The molecule has 0 unspecified atom stereocenters. The number of carbonyl (C=O) groups is 1. The van der Waals surface area contributed by atoms with Crippen molar-refractivity contribution < 1.29 is 14.3 Å². The van der Waals surface area contributed by atoms with Crippen molar-refractivity contribution in [2.45, 2.75) is 64.7 Å². The number of azo groups is 2. The first-order valence-corrected chi connectivity index (χ1v) is 18.5. The number of likely N-dealkylation sites (N-methyl/N-ethyl adjacent to an activating group) is 1. The Bertz CT molecular complexity index is 1660. The molecule has 0 N–H and O–H groups in total. The van der Waals surface area contributed by atoms with Gasteiger partial charge in [0.25, 0.3) is 0 Å². The van der Waals surface area contributed by atoms with E-state index < -0.39 is 5.97 Å². The van der Waals surface area contributed by atoms with Crippen LogP contribution in [0.2, 0.25) is 0 Å². The van der Waals surface area contributed by atoms with Crippen molar-refractivity contribution in [3.63, 3.8) is 0 Å². The van der Waals surface area contributed by atoms with Crippen LogP contribution in [0.3, 0.4) is 0 Å². The maximum absolute atomic E-state index is 11.3. The Morgan fingerprint density at radius 1 is 0.816 bits per heavy atom. The van der Waals surface area contributed by atoms with Crippen molar-refractivity contribution in [2.75, 3.05) is 31.2 Å². The van der Waals surface area contributed by atoms with Gasteiger partial charge in [0.2, 0.25) is 5.13 Å². The van der Waals surface area contributed by atoms with Crippen LogP contribution in [0.5, 0.6) is 5.75 Å². The molecule has 258 valence electrons. The predicted octanol–water partition coefficient (Wildman–Crippen LogP) is 12.4. The number of aromatic nitrogens is 1. The minimum Gasteiger partial charge on any atom is -0.494 e. The fraction of sp³-hybridized carbons (Fsp3) is 0.368. The summed E-state index contributed by atoms with van der Waals surface area (Å²) in [6.07, 6.45) is 14.0. The van der Waals surface area contributed by atoms with Crippen LogP contribution in [0, 0.1) is 0 Å². The lowest BCUT2D eigenvalue weighted by atomic mass is 10.1. The van der Waals surface area contributed by atoms with E-state index in [-0.39, 0.29) is 0 Å². The molecule has 2 aromatic carbocycles. The van der Waals surface area contributed by atoms with Gasteiger partial charge in [0.15, 0.2) is 0 Å². The highest BCUT2D eigenvalue weighted by atomic mass is 32.1. The summed E-state index contributed by atoms with van der Waals surface area (Å²) in [5.41, 5.74) is 3.65. The van der Waals surface area contributed by atoms with Crippen LogP contribution in [-0.2, 0) is 9.53 Å². The molecule has 0 spiro atoms. The number of hydrogen-bond acceptors (Lipinski definition) is 11. The van der Waals surface area contributed by atoms with Gasteiger partial charge in [-0.05, 0) is 80.8 Å². The molecule has 0 saturated carbocycles. The van der Waals surface area contributed by atoms with Gasteiger partial charge in [-0.1, -0.05) is 92.6 Å². The predicted molar refractivity (Wildman–Crippen MR) is 204 cm³/mol. The van der Waals surface area contributed by atoms with Crippen molar-refractivity contribution >= 4 is 65.4 Å². The van der Waals surface area contributed by atoms with E-state index in [9.17, 15) is 4.79 Å². The number of thiazole rings is 1. The largest absolute Gasteiger partial charge is 0.494 e. The van der Waals surface area contributed by atoms with Gasteiger partial charge in [-0.15, -0.1) is 20.5 Å². The summed E-state index contributed by atoms with van der Waals surface area (Å²) >= 11 is 2.93. The van der Waals surface area contributed by atoms with E-state index in [1.807, 2.05) is 60.7 Å². The van der Waals surface area contributed by atoms with E-state index in [4.69, 9.17) is 9.47 Å². The Morgan fingerprint density at radius 2 is 1.47 bits per heavy atom. The van der Waals surface area contributed by atoms with Crippen LogP contribution in [0.15, 0.2) is 113 Å². The Kier molecular flexibility index (Phi) is 15.8. The summed E-state index contributed by atoms with van der Waals surface area (Å²) < 4.78 is 12.0. The number of anilines is 1. The molecule has 0 aliphatic rings. The van der Waals surface area contributed by atoms with Crippen molar-refractivity contribution in [1.29, 1.82) is 0 Å². The summed E-state index contributed by atoms with van der Waals surface area (Å²) in [5, 5.41) is 18.9. The van der Waals surface area contributed by atoms with Crippen molar-refractivity contribution in [3.05, 3.63) is 92.1 Å². The van der Waals surface area contributed by atoms with Gasteiger partial charge >= 0.3 is 5.97 Å². The maximum atomic E-state index is 11.3. The van der Waals surface area contributed by atoms with Gasteiger partial charge in [-0.3, -0.25) is 0 Å². The van der Waals surface area contributed by atoms with Gasteiger partial charge in [0, 0.05) is 18.3 Å². The molecule has 0 aliphatic carbocycles. The minimum absolute atomic E-state index is 0.295. The molecule has 0 atom stereocenters. The third-order valence-corrected chi connectivity index (χ3v) is 9.66. The molecule has 49 heavy (non-hydrogen) atoms. The first-order chi connectivity index (χ1) is 24.0. The summed E-state index contributed by atoms with van der Waals surface area (Å²) in [7, 11) is 0. The average Bonchev–Trinajstić information content (AvgIpc) is 3.70. The van der Waals surface area contributed by atoms with Crippen LogP contribution in [0.1, 0.15) is 64.7 Å².